The van der Waals surface area contributed by atoms with Gasteiger partial charge in [-0.25, -0.2) is 0 Å². The van der Waals surface area contributed by atoms with Crippen LogP contribution in [0.5, 0.6) is 5.75 Å². The number of hydrogen-bond acceptors (Lipinski definition) is 4. The summed E-state index contributed by atoms with van der Waals surface area (Å²) in [5.41, 5.74) is 2.62. The molecule has 0 saturated carbocycles. The number of anilines is 1. The number of benzene rings is 3. The predicted octanol–water partition coefficient (Wildman–Crippen LogP) is 5.39. The second kappa shape index (κ2) is 8.40. The Bertz CT molecular complexity index is 1200. The third kappa shape index (κ3) is 3.75. The molecule has 1 saturated heterocycles. The van der Waals surface area contributed by atoms with Crippen molar-refractivity contribution in [1.29, 1.82) is 0 Å². The normalized spacial score (nSPS) is 17.8. The van der Waals surface area contributed by atoms with Crippen molar-refractivity contribution in [3.8, 4) is 5.75 Å². The molecule has 0 aromatic heterocycles. The lowest BCUT2D eigenvalue weighted by Gasteiger charge is -2.27. The fourth-order valence-electron chi connectivity index (χ4n) is 3.83. The molecular weight excluding hydrogens is 458 g/mol. The Balaban J connectivity index is 1.99. The number of ketones is 1. The van der Waals surface area contributed by atoms with Gasteiger partial charge in [-0.3, -0.25) is 14.5 Å². The molecule has 0 bridgehead atoms. The lowest BCUT2D eigenvalue weighted by Crippen LogP contribution is -2.29. The average Bonchev–Trinajstić information content (AvgIpc) is 3.04. The Labute approximate surface area is 188 Å². The van der Waals surface area contributed by atoms with Crippen LogP contribution in [-0.4, -0.2) is 23.9 Å². The number of nitrogens with zero attached hydrogens (tertiary/aromatic N) is 1. The highest BCUT2D eigenvalue weighted by molar-refractivity contribution is 9.10. The number of aryl methyl sites for hydroxylation is 1. The molecule has 0 aliphatic carbocycles. The van der Waals surface area contributed by atoms with E-state index in [1.54, 1.807) is 42.5 Å². The molecule has 1 fully saturated rings. The second-order valence-corrected chi connectivity index (χ2v) is 8.17. The number of hydrogen-bond donors (Lipinski definition) is 1. The molecule has 1 aliphatic heterocycles. The quantitative estimate of drug-likeness (QED) is 0.310. The van der Waals surface area contributed by atoms with Gasteiger partial charge in [0.05, 0.1) is 18.7 Å². The van der Waals surface area contributed by atoms with Crippen LogP contribution >= 0.6 is 15.9 Å². The Kier molecular flexibility index (Phi) is 5.65. The highest BCUT2D eigenvalue weighted by Crippen LogP contribution is 2.44. The number of ether oxygens (including phenoxy) is 1. The van der Waals surface area contributed by atoms with E-state index < -0.39 is 17.7 Å². The largest absolute Gasteiger partial charge is 0.507 e. The number of amides is 1. The molecule has 0 radical (unpaired) electrons. The summed E-state index contributed by atoms with van der Waals surface area (Å²) in [5, 5.41) is 11.1. The first-order valence-electron chi connectivity index (χ1n) is 9.69. The molecule has 4 rings (SSSR count). The summed E-state index contributed by atoms with van der Waals surface area (Å²) in [5.74, 6) is -1.14. The van der Waals surface area contributed by atoms with Crippen LogP contribution in [0.1, 0.15) is 22.7 Å². The summed E-state index contributed by atoms with van der Waals surface area (Å²) in [6, 6.07) is 20.7. The zero-order valence-corrected chi connectivity index (χ0v) is 18.6. The van der Waals surface area contributed by atoms with E-state index >= 15 is 0 Å². The Morgan fingerprint density at radius 1 is 1.00 bits per heavy atom. The summed E-state index contributed by atoms with van der Waals surface area (Å²) < 4.78 is 6.36. The van der Waals surface area contributed by atoms with Crippen LogP contribution < -0.4 is 9.64 Å². The topological polar surface area (TPSA) is 66.8 Å². The molecule has 6 heteroatoms. The molecule has 1 atom stereocenters. The number of Topliss-reactive ketones (excluding diaryl/α,β-unsaturated/α-hetero) is 1. The lowest BCUT2D eigenvalue weighted by molar-refractivity contribution is -0.132. The third-order valence-electron chi connectivity index (χ3n) is 5.28. The van der Waals surface area contributed by atoms with Crippen molar-refractivity contribution in [1.82, 2.24) is 0 Å². The van der Waals surface area contributed by atoms with Crippen LogP contribution in [-0.2, 0) is 9.59 Å². The molecule has 1 aliphatic rings. The molecule has 0 spiro atoms. The molecule has 3 aromatic carbocycles. The van der Waals surface area contributed by atoms with E-state index in [1.165, 1.54) is 12.0 Å². The van der Waals surface area contributed by atoms with Crippen LogP contribution in [0.25, 0.3) is 5.76 Å². The number of aliphatic hydroxyl groups excluding tert-OH is 1. The molecule has 31 heavy (non-hydrogen) atoms. The summed E-state index contributed by atoms with van der Waals surface area (Å²) >= 11 is 3.37. The Morgan fingerprint density at radius 2 is 1.71 bits per heavy atom. The van der Waals surface area contributed by atoms with E-state index in [1.807, 2.05) is 37.3 Å². The SMILES string of the molecule is COc1ccccc1C1/C(=C(\O)c2ccc(Br)cc2)C(=O)C(=O)N1c1cccc(C)c1. The van der Waals surface area contributed by atoms with E-state index in [0.29, 0.717) is 22.6 Å². The minimum absolute atomic E-state index is 0.0262. The van der Waals surface area contributed by atoms with Crippen LogP contribution in [0, 0.1) is 6.92 Å². The number of carbonyl (C=O) groups excluding carboxylic acids is 2. The first-order valence-corrected chi connectivity index (χ1v) is 10.5. The summed E-state index contributed by atoms with van der Waals surface area (Å²) in [6.07, 6.45) is 0. The maximum atomic E-state index is 13.2. The van der Waals surface area contributed by atoms with Gasteiger partial charge in [0.2, 0.25) is 0 Å². The van der Waals surface area contributed by atoms with Crippen LogP contribution in [0.2, 0.25) is 0 Å². The van der Waals surface area contributed by atoms with Crippen molar-refractivity contribution < 1.29 is 19.4 Å². The van der Waals surface area contributed by atoms with E-state index in [4.69, 9.17) is 4.74 Å². The molecule has 5 nitrogen and oxygen atoms in total. The number of para-hydroxylation sites is 1. The number of carbonyl (C=O) groups is 2. The molecule has 1 unspecified atom stereocenters. The van der Waals surface area contributed by atoms with E-state index in [9.17, 15) is 14.7 Å². The zero-order valence-electron chi connectivity index (χ0n) is 17.0. The summed E-state index contributed by atoms with van der Waals surface area (Å²) in [7, 11) is 1.53. The first kappa shape index (κ1) is 20.9. The third-order valence-corrected chi connectivity index (χ3v) is 5.80. The predicted molar refractivity (Wildman–Crippen MR) is 123 cm³/mol. The monoisotopic (exact) mass is 477 g/mol. The van der Waals surface area contributed by atoms with Crippen LogP contribution in [0.3, 0.4) is 0 Å². The fourth-order valence-corrected chi connectivity index (χ4v) is 4.09. The minimum Gasteiger partial charge on any atom is -0.507 e. The number of halogens is 1. The van der Waals surface area contributed by atoms with Crippen molar-refractivity contribution >= 4 is 39.1 Å². The second-order valence-electron chi connectivity index (χ2n) is 7.26. The van der Waals surface area contributed by atoms with E-state index in [0.717, 1.165) is 10.0 Å². The summed E-state index contributed by atoms with van der Waals surface area (Å²) in [4.78, 5) is 27.8. The number of rotatable bonds is 4. The van der Waals surface area contributed by atoms with Crippen molar-refractivity contribution in [2.45, 2.75) is 13.0 Å². The van der Waals surface area contributed by atoms with E-state index in [2.05, 4.69) is 15.9 Å². The zero-order chi connectivity index (χ0) is 22.1. The number of aliphatic hydroxyl groups is 1. The fraction of sp³-hybridized carbons (Fsp3) is 0.120. The Morgan fingerprint density at radius 3 is 2.39 bits per heavy atom. The minimum atomic E-state index is -0.832. The Hall–Kier alpha value is -3.38. The molecule has 1 heterocycles. The maximum Gasteiger partial charge on any atom is 0.300 e. The first-order chi connectivity index (χ1) is 14.9. The van der Waals surface area contributed by atoms with Crippen molar-refractivity contribution in [2.24, 2.45) is 0 Å². The van der Waals surface area contributed by atoms with Crippen LogP contribution in [0.4, 0.5) is 5.69 Å². The van der Waals surface area contributed by atoms with Gasteiger partial charge in [-0.2, -0.15) is 0 Å². The summed E-state index contributed by atoms with van der Waals surface area (Å²) in [6.45, 7) is 1.92. The molecule has 3 aromatic rings. The van der Waals surface area contributed by atoms with Crippen LogP contribution in [0.15, 0.2) is 82.8 Å². The van der Waals surface area contributed by atoms with Gasteiger partial charge in [0, 0.05) is 21.3 Å². The molecular formula is C25H20BrNO4. The van der Waals surface area contributed by atoms with Gasteiger partial charge in [0.25, 0.3) is 11.7 Å². The van der Waals surface area contributed by atoms with Crippen molar-refractivity contribution in [3.63, 3.8) is 0 Å². The average molecular weight is 478 g/mol. The van der Waals surface area contributed by atoms with Gasteiger partial charge >= 0.3 is 0 Å². The van der Waals surface area contributed by atoms with Gasteiger partial charge in [0.1, 0.15) is 11.5 Å². The van der Waals surface area contributed by atoms with Gasteiger partial charge in [0.15, 0.2) is 0 Å². The molecule has 156 valence electrons. The number of methoxy groups -OCH3 is 1. The van der Waals surface area contributed by atoms with Crippen molar-refractivity contribution in [2.75, 3.05) is 12.0 Å². The van der Waals surface area contributed by atoms with Gasteiger partial charge in [-0.15, -0.1) is 0 Å². The molecule has 1 N–H and O–H groups in total. The smallest absolute Gasteiger partial charge is 0.300 e. The van der Waals surface area contributed by atoms with Crippen molar-refractivity contribution in [3.05, 3.63) is 99.5 Å². The highest BCUT2D eigenvalue weighted by Gasteiger charge is 2.47. The lowest BCUT2D eigenvalue weighted by atomic mass is 9.94. The van der Waals surface area contributed by atoms with E-state index in [-0.39, 0.29) is 11.3 Å². The van der Waals surface area contributed by atoms with Gasteiger partial charge in [-0.1, -0.05) is 58.4 Å². The highest BCUT2D eigenvalue weighted by atomic mass is 79.9. The van der Waals surface area contributed by atoms with Gasteiger partial charge in [-0.05, 0) is 42.8 Å². The van der Waals surface area contributed by atoms with Gasteiger partial charge < -0.3 is 9.84 Å². The standard InChI is InChI=1S/C25H20BrNO4/c1-15-6-5-7-18(14-15)27-22(19-8-3-4-9-20(19)31-2)21(24(29)25(27)30)23(28)16-10-12-17(26)13-11-16/h3-14,22,28H,1-2H3/b23-21+. The maximum absolute atomic E-state index is 13.2. The molecule has 1 amide bonds.